The molecule has 0 N–H and O–H groups in total. The molecule has 0 heterocycles. The molecule has 0 aliphatic heterocycles. The molecular formula is C9H20N4O4. The van der Waals surface area contributed by atoms with Crippen LogP contribution in [0.25, 0.3) is 0 Å². The SMILES string of the molecule is CC(C)C[N+]([O-])=NOCON=[N+]([O-])CC(C)C. The Bertz CT molecular complexity index is 240. The van der Waals surface area contributed by atoms with Crippen LogP contribution in [-0.4, -0.2) is 29.6 Å². The van der Waals surface area contributed by atoms with Gasteiger partial charge >= 0.3 is 0 Å². The third kappa shape index (κ3) is 10.7. The highest BCUT2D eigenvalue weighted by Gasteiger charge is 2.03. The Morgan fingerprint density at radius 3 is 1.53 bits per heavy atom. The van der Waals surface area contributed by atoms with Crippen molar-refractivity contribution in [1.82, 2.24) is 0 Å². The van der Waals surface area contributed by atoms with E-state index >= 15 is 0 Å². The van der Waals surface area contributed by atoms with Crippen LogP contribution in [-0.2, 0) is 9.68 Å². The number of hydrogen-bond acceptors (Lipinski definition) is 6. The van der Waals surface area contributed by atoms with E-state index in [9.17, 15) is 10.4 Å². The molecule has 0 aromatic carbocycles. The predicted molar refractivity (Wildman–Crippen MR) is 58.6 cm³/mol. The number of hydrogen-bond donors (Lipinski definition) is 0. The largest absolute Gasteiger partial charge is 0.597 e. The first-order valence-electron chi connectivity index (χ1n) is 5.47. The van der Waals surface area contributed by atoms with Crippen molar-refractivity contribution in [2.24, 2.45) is 22.4 Å². The van der Waals surface area contributed by atoms with Crippen LogP contribution in [0.2, 0.25) is 0 Å². The standard InChI is InChI=1S/C9H20N4O4/c1-8(2)5-12(14)10-16-7-17-11-13(15)6-9(3)4/h8-9H,5-7H2,1-4H3. The minimum absolute atomic E-state index is 0.189. The van der Waals surface area contributed by atoms with E-state index < -0.39 is 0 Å². The lowest BCUT2D eigenvalue weighted by atomic mass is 10.2. The van der Waals surface area contributed by atoms with Gasteiger partial charge < -0.3 is 20.1 Å². The van der Waals surface area contributed by atoms with Gasteiger partial charge in [-0.2, -0.15) is 0 Å². The van der Waals surface area contributed by atoms with Crippen LogP contribution in [0.1, 0.15) is 27.7 Å². The second-order valence-corrected chi connectivity index (χ2v) is 4.40. The van der Waals surface area contributed by atoms with Crippen molar-refractivity contribution in [3.05, 3.63) is 10.4 Å². The van der Waals surface area contributed by atoms with Crippen LogP contribution in [0.5, 0.6) is 0 Å². The third-order valence-corrected chi connectivity index (χ3v) is 1.45. The Morgan fingerprint density at radius 1 is 0.882 bits per heavy atom. The van der Waals surface area contributed by atoms with Gasteiger partial charge in [0.25, 0.3) is 6.79 Å². The normalized spacial score (nSPS) is 13.3. The van der Waals surface area contributed by atoms with Gasteiger partial charge in [-0.25, -0.2) is 0 Å². The molecule has 0 aromatic heterocycles. The third-order valence-electron chi connectivity index (χ3n) is 1.45. The van der Waals surface area contributed by atoms with Gasteiger partial charge in [0.05, 0.1) is 0 Å². The van der Waals surface area contributed by atoms with E-state index in [0.29, 0.717) is 9.72 Å². The molecule has 0 fully saturated rings. The summed E-state index contributed by atoms with van der Waals surface area (Å²) < 4.78 is 0. The van der Waals surface area contributed by atoms with Gasteiger partial charge in [0.2, 0.25) is 10.6 Å². The molecule has 0 aromatic rings. The number of rotatable bonds is 8. The Morgan fingerprint density at radius 2 is 1.24 bits per heavy atom. The second kappa shape index (κ2) is 8.54. The zero-order valence-corrected chi connectivity index (χ0v) is 10.7. The first-order chi connectivity index (χ1) is 7.91. The van der Waals surface area contributed by atoms with E-state index in [1.54, 1.807) is 0 Å². The van der Waals surface area contributed by atoms with E-state index in [1.165, 1.54) is 0 Å². The molecule has 0 atom stereocenters. The molecule has 8 heteroatoms. The van der Waals surface area contributed by atoms with Crippen LogP contribution < -0.4 is 0 Å². The average Bonchev–Trinajstić information content (AvgIpc) is 2.14. The molecule has 0 aliphatic rings. The first kappa shape index (κ1) is 15.4. The maximum Gasteiger partial charge on any atom is 0.292 e. The molecule has 0 unspecified atom stereocenters. The van der Waals surface area contributed by atoms with E-state index in [2.05, 4.69) is 20.2 Å². The van der Waals surface area contributed by atoms with Crippen LogP contribution in [0.3, 0.4) is 0 Å². The maximum atomic E-state index is 11.0. The fourth-order valence-corrected chi connectivity index (χ4v) is 0.891. The summed E-state index contributed by atoms with van der Waals surface area (Å²) in [5.74, 6) is 0.377. The number of hydroxylamine groups is 2. The Labute approximate surface area is 101 Å². The van der Waals surface area contributed by atoms with Gasteiger partial charge in [0.1, 0.15) is 0 Å². The molecule has 8 nitrogen and oxygen atoms in total. The molecule has 0 radical (unpaired) electrons. The van der Waals surface area contributed by atoms with Crippen molar-refractivity contribution in [3.8, 4) is 0 Å². The quantitative estimate of drug-likeness (QED) is 0.216. The lowest BCUT2D eigenvalue weighted by Gasteiger charge is -2.03. The van der Waals surface area contributed by atoms with Crippen molar-refractivity contribution in [3.63, 3.8) is 0 Å². The van der Waals surface area contributed by atoms with Gasteiger partial charge in [-0.05, 0) is 0 Å². The highest BCUT2D eigenvalue weighted by atomic mass is 16.8. The first-order valence-corrected chi connectivity index (χ1v) is 5.47. The van der Waals surface area contributed by atoms with E-state index in [4.69, 9.17) is 0 Å². The summed E-state index contributed by atoms with van der Waals surface area (Å²) in [5.41, 5.74) is 0. The zero-order chi connectivity index (χ0) is 13.3. The number of nitrogens with zero attached hydrogens (tertiary/aromatic N) is 4. The van der Waals surface area contributed by atoms with Crippen LogP contribution >= 0.6 is 0 Å². The van der Waals surface area contributed by atoms with Gasteiger partial charge in [0.15, 0.2) is 13.1 Å². The fraction of sp³-hybridized carbons (Fsp3) is 1.00. The van der Waals surface area contributed by atoms with Gasteiger partial charge in [0, 0.05) is 11.8 Å². The highest BCUT2D eigenvalue weighted by Crippen LogP contribution is 1.94. The maximum absolute atomic E-state index is 11.0. The Balaban J connectivity index is 3.70. The zero-order valence-electron chi connectivity index (χ0n) is 10.7. The fourth-order valence-electron chi connectivity index (χ4n) is 0.891. The summed E-state index contributed by atoms with van der Waals surface area (Å²) >= 11 is 0. The van der Waals surface area contributed by atoms with Crippen LogP contribution in [0, 0.1) is 22.3 Å². The molecule has 0 spiro atoms. The van der Waals surface area contributed by atoms with Gasteiger partial charge in [-0.1, -0.05) is 37.4 Å². The molecule has 0 saturated carbocycles. The van der Waals surface area contributed by atoms with Crippen molar-refractivity contribution in [2.45, 2.75) is 27.7 Å². The smallest absolute Gasteiger partial charge is 0.292 e. The molecular weight excluding hydrogens is 228 g/mol. The van der Waals surface area contributed by atoms with Crippen LogP contribution in [0.4, 0.5) is 0 Å². The molecule has 0 rings (SSSR count). The molecule has 100 valence electrons. The summed E-state index contributed by atoms with van der Waals surface area (Å²) in [7, 11) is 0. The molecule has 0 bridgehead atoms. The minimum atomic E-state index is -0.367. The highest BCUT2D eigenvalue weighted by molar-refractivity contribution is 4.35. The molecule has 17 heavy (non-hydrogen) atoms. The van der Waals surface area contributed by atoms with Crippen molar-refractivity contribution in [1.29, 1.82) is 0 Å². The lowest BCUT2D eigenvalue weighted by Crippen LogP contribution is -2.11. The summed E-state index contributed by atoms with van der Waals surface area (Å²) in [4.78, 5) is 9.84. The average molecular weight is 248 g/mol. The summed E-state index contributed by atoms with van der Waals surface area (Å²) in [5, 5.41) is 28.3. The Hall–Kier alpha value is -1.60. The van der Waals surface area contributed by atoms with E-state index in [1.807, 2.05) is 27.7 Å². The Kier molecular flexibility index (Phi) is 7.74. The topological polar surface area (TPSA) is 95.3 Å². The summed E-state index contributed by atoms with van der Waals surface area (Å²) in [6.45, 7) is 7.63. The minimum Gasteiger partial charge on any atom is -0.597 e. The monoisotopic (exact) mass is 248 g/mol. The van der Waals surface area contributed by atoms with E-state index in [0.717, 1.165) is 0 Å². The predicted octanol–water partition coefficient (Wildman–Crippen LogP) is 2.04. The molecule has 0 amide bonds. The lowest BCUT2D eigenvalue weighted by molar-refractivity contribution is -0.578. The summed E-state index contributed by atoms with van der Waals surface area (Å²) in [6, 6.07) is 0. The molecule has 0 saturated heterocycles. The van der Waals surface area contributed by atoms with Crippen molar-refractivity contribution < 1.29 is 19.4 Å². The van der Waals surface area contributed by atoms with Crippen molar-refractivity contribution >= 4 is 0 Å². The summed E-state index contributed by atoms with van der Waals surface area (Å²) in [6.07, 6.45) is 0. The molecule has 0 aliphatic carbocycles. The van der Waals surface area contributed by atoms with Gasteiger partial charge in [-0.3, -0.25) is 0 Å². The second-order valence-electron chi connectivity index (χ2n) is 4.40. The van der Waals surface area contributed by atoms with Crippen molar-refractivity contribution in [2.75, 3.05) is 19.9 Å². The van der Waals surface area contributed by atoms with E-state index in [-0.39, 0.29) is 31.7 Å². The van der Waals surface area contributed by atoms with Crippen LogP contribution in [0.15, 0.2) is 10.6 Å². The van der Waals surface area contributed by atoms with Gasteiger partial charge in [-0.15, -0.1) is 0 Å².